The first-order valence-corrected chi connectivity index (χ1v) is 9.09. The van der Waals surface area contributed by atoms with Crippen LogP contribution in [0.5, 0.6) is 0 Å². The molecule has 1 fully saturated rings. The maximum atomic E-state index is 11.9. The molecule has 2 atom stereocenters. The van der Waals surface area contributed by atoms with Gasteiger partial charge in [0, 0.05) is 31.7 Å². The summed E-state index contributed by atoms with van der Waals surface area (Å²) in [5.41, 5.74) is 1.10. The van der Waals surface area contributed by atoms with E-state index in [-0.39, 0.29) is 25.0 Å². The predicted molar refractivity (Wildman–Crippen MR) is 83.9 cm³/mol. The van der Waals surface area contributed by atoms with Gasteiger partial charge in [0.25, 0.3) is 0 Å². The lowest BCUT2D eigenvalue weighted by molar-refractivity contribution is -0.139. The number of carboxylic acid groups (broad SMARTS) is 1. The Labute approximate surface area is 131 Å². The first-order valence-electron chi connectivity index (χ1n) is 7.24. The Hall–Kier alpha value is -1.44. The summed E-state index contributed by atoms with van der Waals surface area (Å²) in [6.07, 6.45) is 1.11. The summed E-state index contributed by atoms with van der Waals surface area (Å²) in [5, 5.41) is 9.11. The van der Waals surface area contributed by atoms with Crippen molar-refractivity contribution in [2.75, 3.05) is 19.3 Å². The molecule has 0 aromatic heterocycles. The Kier molecular flexibility index (Phi) is 5.20. The topological polar surface area (TPSA) is 77.9 Å². The fourth-order valence-corrected chi connectivity index (χ4v) is 4.11. The normalized spacial score (nSPS) is 24.3. The first kappa shape index (κ1) is 16.9. The highest BCUT2D eigenvalue weighted by atomic mass is 32.2. The van der Waals surface area contributed by atoms with Crippen LogP contribution in [0, 0.1) is 0 Å². The van der Waals surface area contributed by atoms with E-state index < -0.39 is 16.0 Å². The third-order valence-electron chi connectivity index (χ3n) is 3.96. The largest absolute Gasteiger partial charge is 0.481 e. The standard InChI is InChI=1S/C15H22N2O4S/c1-12-9-16(10-13-6-4-3-5-7-13)14(8-15(18)19)11-17(12)22(2,20)21/h3-7,12,14H,8-11H2,1-2H3,(H,18,19)/t12-,14-/m1/s1. The van der Waals surface area contributed by atoms with Gasteiger partial charge in [-0.2, -0.15) is 4.31 Å². The molecule has 1 aromatic rings. The van der Waals surface area contributed by atoms with Gasteiger partial charge in [-0.15, -0.1) is 0 Å². The molecular formula is C15H22N2O4S. The van der Waals surface area contributed by atoms with Crippen LogP contribution in [0.3, 0.4) is 0 Å². The number of aliphatic carboxylic acids is 1. The van der Waals surface area contributed by atoms with Crippen molar-refractivity contribution in [1.29, 1.82) is 0 Å². The van der Waals surface area contributed by atoms with Gasteiger partial charge in [-0.25, -0.2) is 8.42 Å². The molecule has 0 aliphatic carbocycles. The predicted octanol–water partition coefficient (Wildman–Crippen LogP) is 0.996. The van der Waals surface area contributed by atoms with E-state index in [1.165, 1.54) is 10.6 Å². The molecule has 1 saturated heterocycles. The highest BCUT2D eigenvalue weighted by Crippen LogP contribution is 2.22. The summed E-state index contributed by atoms with van der Waals surface area (Å²) >= 11 is 0. The second-order valence-electron chi connectivity index (χ2n) is 5.85. The number of sulfonamides is 1. The van der Waals surface area contributed by atoms with Crippen LogP contribution in [0.15, 0.2) is 30.3 Å². The lowest BCUT2D eigenvalue weighted by Gasteiger charge is -2.43. The quantitative estimate of drug-likeness (QED) is 0.873. The fourth-order valence-electron chi connectivity index (χ4n) is 2.95. The summed E-state index contributed by atoms with van der Waals surface area (Å²) < 4.78 is 25.1. The van der Waals surface area contributed by atoms with Crippen LogP contribution in [0.2, 0.25) is 0 Å². The molecule has 2 rings (SSSR count). The van der Waals surface area contributed by atoms with E-state index in [9.17, 15) is 13.2 Å². The molecule has 1 heterocycles. The molecule has 1 aliphatic heterocycles. The average Bonchev–Trinajstić information content (AvgIpc) is 2.41. The van der Waals surface area contributed by atoms with Crippen LogP contribution in [0.1, 0.15) is 18.9 Å². The second kappa shape index (κ2) is 6.76. The Morgan fingerprint density at radius 3 is 2.45 bits per heavy atom. The zero-order valence-electron chi connectivity index (χ0n) is 12.8. The van der Waals surface area contributed by atoms with Gasteiger partial charge < -0.3 is 5.11 Å². The molecule has 0 bridgehead atoms. The van der Waals surface area contributed by atoms with Crippen molar-refractivity contribution in [3.63, 3.8) is 0 Å². The summed E-state index contributed by atoms with van der Waals surface area (Å²) in [6, 6.07) is 9.32. The third-order valence-corrected chi connectivity index (χ3v) is 5.32. The van der Waals surface area contributed by atoms with Crippen LogP contribution in [0.25, 0.3) is 0 Å². The lowest BCUT2D eigenvalue weighted by atomic mass is 10.1. The molecule has 1 N–H and O–H groups in total. The molecule has 0 radical (unpaired) electrons. The van der Waals surface area contributed by atoms with Crippen LogP contribution in [-0.2, 0) is 21.4 Å². The summed E-state index contributed by atoms with van der Waals surface area (Å²) in [6.45, 7) is 3.23. The summed E-state index contributed by atoms with van der Waals surface area (Å²) in [7, 11) is -3.33. The van der Waals surface area contributed by atoms with Crippen LogP contribution in [0.4, 0.5) is 0 Å². The Bertz CT molecular complexity index is 618. The van der Waals surface area contributed by atoms with E-state index in [4.69, 9.17) is 5.11 Å². The molecule has 6 nitrogen and oxygen atoms in total. The van der Waals surface area contributed by atoms with E-state index in [1.54, 1.807) is 0 Å². The van der Waals surface area contributed by atoms with Crippen molar-refractivity contribution >= 4 is 16.0 Å². The zero-order chi connectivity index (χ0) is 16.3. The fraction of sp³-hybridized carbons (Fsp3) is 0.533. The first-order chi connectivity index (χ1) is 10.3. The number of carboxylic acids is 1. The number of rotatable bonds is 5. The van der Waals surface area contributed by atoms with Crippen LogP contribution >= 0.6 is 0 Å². The third kappa shape index (κ3) is 4.28. The molecule has 22 heavy (non-hydrogen) atoms. The second-order valence-corrected chi connectivity index (χ2v) is 7.78. The zero-order valence-corrected chi connectivity index (χ0v) is 13.7. The van der Waals surface area contributed by atoms with Crippen LogP contribution < -0.4 is 0 Å². The summed E-state index contributed by atoms with van der Waals surface area (Å²) in [4.78, 5) is 13.2. The van der Waals surface area contributed by atoms with E-state index in [1.807, 2.05) is 37.3 Å². The number of benzene rings is 1. The lowest BCUT2D eigenvalue weighted by Crippen LogP contribution is -2.58. The highest BCUT2D eigenvalue weighted by molar-refractivity contribution is 7.88. The van der Waals surface area contributed by atoms with Gasteiger partial charge in [-0.05, 0) is 12.5 Å². The van der Waals surface area contributed by atoms with E-state index in [0.29, 0.717) is 13.1 Å². The molecule has 0 saturated carbocycles. The van der Waals surface area contributed by atoms with Crippen molar-refractivity contribution in [3.05, 3.63) is 35.9 Å². The Morgan fingerprint density at radius 1 is 1.27 bits per heavy atom. The maximum Gasteiger partial charge on any atom is 0.304 e. The molecule has 1 aromatic carbocycles. The Balaban J connectivity index is 2.18. The van der Waals surface area contributed by atoms with E-state index in [2.05, 4.69) is 4.90 Å². The van der Waals surface area contributed by atoms with Gasteiger partial charge in [0.1, 0.15) is 0 Å². The molecule has 1 aliphatic rings. The minimum absolute atomic E-state index is 0.0639. The van der Waals surface area contributed by atoms with Crippen molar-refractivity contribution in [2.45, 2.75) is 32.0 Å². The molecule has 0 unspecified atom stereocenters. The summed E-state index contributed by atoms with van der Waals surface area (Å²) in [5.74, 6) is -0.911. The molecule has 7 heteroatoms. The minimum Gasteiger partial charge on any atom is -0.481 e. The van der Waals surface area contributed by atoms with Gasteiger partial charge in [-0.1, -0.05) is 30.3 Å². The maximum absolute atomic E-state index is 11.9. The monoisotopic (exact) mass is 326 g/mol. The molecule has 0 spiro atoms. The van der Waals surface area contributed by atoms with E-state index in [0.717, 1.165) is 5.56 Å². The number of hydrogen-bond donors (Lipinski definition) is 1. The number of hydrogen-bond acceptors (Lipinski definition) is 4. The van der Waals surface area contributed by atoms with Gasteiger partial charge in [0.05, 0.1) is 12.7 Å². The molecule has 0 amide bonds. The van der Waals surface area contributed by atoms with E-state index >= 15 is 0 Å². The van der Waals surface area contributed by atoms with Gasteiger partial charge in [-0.3, -0.25) is 9.69 Å². The number of nitrogens with zero attached hydrogens (tertiary/aromatic N) is 2. The highest BCUT2D eigenvalue weighted by Gasteiger charge is 2.36. The van der Waals surface area contributed by atoms with Crippen molar-refractivity contribution in [1.82, 2.24) is 9.21 Å². The minimum atomic E-state index is -3.33. The van der Waals surface area contributed by atoms with Crippen molar-refractivity contribution in [2.24, 2.45) is 0 Å². The SMILES string of the molecule is C[C@@H]1CN(Cc2ccccc2)[C@H](CC(=O)O)CN1S(C)(=O)=O. The number of carbonyl (C=O) groups is 1. The van der Waals surface area contributed by atoms with Crippen molar-refractivity contribution in [3.8, 4) is 0 Å². The van der Waals surface area contributed by atoms with Crippen LogP contribution in [-0.4, -0.2) is 60.1 Å². The Morgan fingerprint density at radius 2 is 1.91 bits per heavy atom. The number of piperazine rings is 1. The van der Waals surface area contributed by atoms with Gasteiger partial charge in [0.15, 0.2) is 0 Å². The van der Waals surface area contributed by atoms with Gasteiger partial charge in [0.2, 0.25) is 10.0 Å². The van der Waals surface area contributed by atoms with Gasteiger partial charge >= 0.3 is 5.97 Å². The molecule has 122 valence electrons. The van der Waals surface area contributed by atoms with Crippen molar-refractivity contribution < 1.29 is 18.3 Å². The smallest absolute Gasteiger partial charge is 0.304 e. The average molecular weight is 326 g/mol. The molecular weight excluding hydrogens is 304 g/mol.